The molecule has 2 fully saturated rings. The molecule has 2 aliphatic rings. The second kappa shape index (κ2) is 25.0. The Kier molecular flexibility index (Phi) is 20.2. The van der Waals surface area contributed by atoms with E-state index in [1.807, 2.05) is 11.8 Å². The van der Waals surface area contributed by atoms with Gasteiger partial charge in [-0.15, -0.1) is 0 Å². The fraction of sp³-hybridized carbons (Fsp3) is 0.667. The van der Waals surface area contributed by atoms with E-state index < -0.39 is 53.8 Å². The lowest BCUT2D eigenvalue weighted by Gasteiger charge is -2.25. The van der Waals surface area contributed by atoms with Gasteiger partial charge < -0.3 is 64.5 Å². The first-order valence-electron chi connectivity index (χ1n) is 19.8. The average molecular weight is 850 g/mol. The zero-order valence-electron chi connectivity index (χ0n) is 33.3. The number of carboxylic acids is 1. The molecular formula is C36H59N13O9S. The SMILES string of the molecule is C[C@H](NC(=O)CCCCCNC(=O)CCCCC1SCC2NC(=O)NC21)C(=O)N[C@@H](Cc1cnc[nH]1)C(=O)N[C@@H](CCC(N)=O)C(=O)N[C@@H](CCCN=C(N)N)C(=O)O. The third-order valence-electron chi connectivity index (χ3n) is 9.74. The summed E-state index contributed by atoms with van der Waals surface area (Å²) in [7, 11) is 0. The van der Waals surface area contributed by atoms with E-state index in [1.165, 1.54) is 19.4 Å². The number of aliphatic carboxylic acids is 1. The van der Waals surface area contributed by atoms with Crippen LogP contribution in [0.4, 0.5) is 4.79 Å². The molecule has 15 N–H and O–H groups in total. The molecule has 2 aliphatic heterocycles. The molecule has 22 nitrogen and oxygen atoms in total. The van der Waals surface area contributed by atoms with Crippen molar-refractivity contribution in [2.24, 2.45) is 22.2 Å². The standard InChI is InChI=1S/C36H59N13O9S/c1-20(44-29(52)11-3-2-6-14-41-28(51)10-5-4-9-26-30-25(18-59-26)48-36(58)49-30)31(53)47-24(16-21-17-40-19-43-21)33(55)45-22(12-13-27(37)50)32(54)46-23(34(56)57)8-7-15-42-35(38)39/h17,19-20,22-26,30H,2-16,18H2,1H3,(H2,37,50)(H,40,43)(H,41,51)(H,44,52)(H,45,55)(H,46,54)(H,47,53)(H,56,57)(H4,38,39,42)(H2,48,49,58)/t20-,22-,23-,24-,25?,26?,30?/m0/s1. The molecule has 1 aromatic heterocycles. The summed E-state index contributed by atoms with van der Waals surface area (Å²) >= 11 is 1.85. The molecule has 0 bridgehead atoms. The van der Waals surface area contributed by atoms with Crippen LogP contribution < -0.4 is 54.4 Å². The third kappa shape index (κ3) is 17.8. The lowest BCUT2D eigenvalue weighted by Crippen LogP contribution is -2.58. The van der Waals surface area contributed by atoms with E-state index in [9.17, 15) is 43.5 Å². The van der Waals surface area contributed by atoms with E-state index >= 15 is 0 Å². The molecule has 3 rings (SSSR count). The van der Waals surface area contributed by atoms with Crippen LogP contribution >= 0.6 is 11.8 Å². The molecule has 3 unspecified atom stereocenters. The van der Waals surface area contributed by atoms with Gasteiger partial charge in [0, 0.05) is 61.7 Å². The number of carboxylic acid groups (broad SMARTS) is 1. The zero-order chi connectivity index (χ0) is 43.3. The van der Waals surface area contributed by atoms with Gasteiger partial charge in [0.2, 0.25) is 35.4 Å². The Morgan fingerprint density at radius 3 is 2.24 bits per heavy atom. The number of aliphatic imine (C=N–C) groups is 1. The number of fused-ring (bicyclic) bond motifs is 1. The van der Waals surface area contributed by atoms with Crippen LogP contribution in [0.25, 0.3) is 0 Å². The number of thioether (sulfide) groups is 1. The molecule has 0 aliphatic carbocycles. The number of H-pyrrole nitrogens is 1. The number of amides is 8. The van der Waals surface area contributed by atoms with Crippen LogP contribution in [0.2, 0.25) is 0 Å². The Bertz CT molecular complexity index is 1630. The second-order valence-corrected chi connectivity index (χ2v) is 15.8. The zero-order valence-corrected chi connectivity index (χ0v) is 34.1. The van der Waals surface area contributed by atoms with Gasteiger partial charge in [-0.3, -0.25) is 33.8 Å². The molecule has 1 aromatic rings. The van der Waals surface area contributed by atoms with E-state index in [1.54, 1.807) is 0 Å². The minimum absolute atomic E-state index is 0.0292. The quantitative estimate of drug-likeness (QED) is 0.0183. The molecular weight excluding hydrogens is 791 g/mol. The summed E-state index contributed by atoms with van der Waals surface area (Å²) in [5, 5.41) is 28.9. The molecule has 0 spiro atoms. The van der Waals surface area contributed by atoms with Crippen LogP contribution in [0.3, 0.4) is 0 Å². The Labute approximate surface area is 346 Å². The highest BCUT2D eigenvalue weighted by molar-refractivity contribution is 8.00. The van der Waals surface area contributed by atoms with Gasteiger partial charge in [0.25, 0.3) is 0 Å². The summed E-state index contributed by atoms with van der Waals surface area (Å²) < 4.78 is 0. The maximum absolute atomic E-state index is 13.6. The van der Waals surface area contributed by atoms with Gasteiger partial charge >= 0.3 is 12.0 Å². The van der Waals surface area contributed by atoms with Crippen molar-refractivity contribution in [3.05, 3.63) is 18.2 Å². The molecule has 328 valence electrons. The van der Waals surface area contributed by atoms with Crippen LogP contribution in [0.1, 0.15) is 89.7 Å². The van der Waals surface area contributed by atoms with Crippen molar-refractivity contribution in [3.63, 3.8) is 0 Å². The van der Waals surface area contributed by atoms with Crippen molar-refractivity contribution in [3.8, 4) is 0 Å². The van der Waals surface area contributed by atoms with Gasteiger partial charge in [-0.05, 0) is 51.9 Å². The summed E-state index contributed by atoms with van der Waals surface area (Å²) in [4.78, 5) is 111. The minimum Gasteiger partial charge on any atom is -0.480 e. The highest BCUT2D eigenvalue weighted by Gasteiger charge is 2.42. The van der Waals surface area contributed by atoms with Crippen molar-refractivity contribution in [2.75, 3.05) is 18.8 Å². The highest BCUT2D eigenvalue weighted by Crippen LogP contribution is 2.33. The van der Waals surface area contributed by atoms with Gasteiger partial charge in [0.15, 0.2) is 5.96 Å². The number of carbonyl (C=O) groups is 8. The van der Waals surface area contributed by atoms with Crippen LogP contribution in [0.15, 0.2) is 17.5 Å². The van der Waals surface area contributed by atoms with E-state index in [-0.39, 0.29) is 81.0 Å². The van der Waals surface area contributed by atoms with Crippen LogP contribution in [-0.4, -0.2) is 129 Å². The second-order valence-electron chi connectivity index (χ2n) is 14.6. The number of hydrogen-bond acceptors (Lipinski definition) is 11. The summed E-state index contributed by atoms with van der Waals surface area (Å²) in [5.41, 5.74) is 16.3. The van der Waals surface area contributed by atoms with Crippen LogP contribution in [0, 0.1) is 0 Å². The molecule has 59 heavy (non-hydrogen) atoms. The smallest absolute Gasteiger partial charge is 0.326 e. The maximum atomic E-state index is 13.6. The van der Waals surface area contributed by atoms with Gasteiger partial charge in [-0.2, -0.15) is 11.8 Å². The monoisotopic (exact) mass is 849 g/mol. The number of guanidine groups is 1. The lowest BCUT2D eigenvalue weighted by molar-refractivity contribution is -0.142. The topological polar surface area (TPSA) is 360 Å². The first-order chi connectivity index (χ1) is 28.1. The molecule has 8 amide bonds. The number of aromatic nitrogens is 2. The van der Waals surface area contributed by atoms with Crippen molar-refractivity contribution in [1.29, 1.82) is 0 Å². The number of urea groups is 1. The number of hydrogen-bond donors (Lipinski definition) is 12. The fourth-order valence-corrected chi connectivity index (χ4v) is 8.08. The summed E-state index contributed by atoms with van der Waals surface area (Å²) in [6.45, 7) is 2.04. The number of nitrogens with two attached hydrogens (primary N) is 3. The van der Waals surface area contributed by atoms with Crippen LogP contribution in [0.5, 0.6) is 0 Å². The molecule has 0 aromatic carbocycles. The Morgan fingerprint density at radius 2 is 1.54 bits per heavy atom. The molecule has 0 radical (unpaired) electrons. The van der Waals surface area contributed by atoms with Gasteiger partial charge in [-0.1, -0.05) is 12.8 Å². The first kappa shape index (κ1) is 47.8. The third-order valence-corrected chi connectivity index (χ3v) is 11.2. The molecule has 0 saturated carbocycles. The summed E-state index contributed by atoms with van der Waals surface area (Å²) in [5.74, 6) is -4.22. The molecule has 3 heterocycles. The van der Waals surface area contributed by atoms with Crippen molar-refractivity contribution in [1.82, 2.24) is 47.2 Å². The molecule has 23 heteroatoms. The van der Waals surface area contributed by atoms with Gasteiger partial charge in [0.1, 0.15) is 24.2 Å². The van der Waals surface area contributed by atoms with E-state index in [0.717, 1.165) is 25.0 Å². The largest absolute Gasteiger partial charge is 0.480 e. The van der Waals surface area contributed by atoms with Crippen molar-refractivity contribution >= 4 is 65.2 Å². The Morgan fingerprint density at radius 1 is 0.847 bits per heavy atom. The number of nitrogens with one attached hydrogen (secondary N) is 8. The Hall–Kier alpha value is -5.61. The van der Waals surface area contributed by atoms with Crippen molar-refractivity contribution < 1.29 is 43.5 Å². The highest BCUT2D eigenvalue weighted by atomic mass is 32.2. The summed E-state index contributed by atoms with van der Waals surface area (Å²) in [6, 6.07) is -4.88. The number of imidazole rings is 1. The Balaban J connectivity index is 1.42. The lowest BCUT2D eigenvalue weighted by atomic mass is 10.0. The summed E-state index contributed by atoms with van der Waals surface area (Å²) in [6.07, 6.45) is 7.29. The number of nitrogens with zero attached hydrogens (tertiary/aromatic N) is 2. The normalized spacial score (nSPS) is 18.7. The van der Waals surface area contributed by atoms with Crippen LogP contribution in [-0.2, 0) is 40.0 Å². The number of unbranched alkanes of at least 4 members (excludes halogenated alkanes) is 3. The average Bonchev–Trinajstić information content (AvgIpc) is 3.92. The van der Waals surface area contributed by atoms with E-state index in [2.05, 4.69) is 52.2 Å². The minimum atomic E-state index is -1.41. The number of aromatic amines is 1. The van der Waals surface area contributed by atoms with E-state index in [4.69, 9.17) is 17.2 Å². The molecule has 2 saturated heterocycles. The maximum Gasteiger partial charge on any atom is 0.326 e. The van der Waals surface area contributed by atoms with Gasteiger partial charge in [-0.25, -0.2) is 14.6 Å². The van der Waals surface area contributed by atoms with Crippen molar-refractivity contribution in [2.45, 2.75) is 132 Å². The van der Waals surface area contributed by atoms with Gasteiger partial charge in [0.05, 0.1) is 18.4 Å². The first-order valence-corrected chi connectivity index (χ1v) is 20.9. The number of rotatable bonds is 28. The fourth-order valence-electron chi connectivity index (χ4n) is 6.54. The number of primary amides is 1. The number of carbonyl (C=O) groups excluding carboxylic acids is 7. The molecule has 7 atom stereocenters. The van der Waals surface area contributed by atoms with E-state index in [0.29, 0.717) is 43.2 Å². The predicted octanol–water partition coefficient (Wildman–Crippen LogP) is -2.28. The predicted molar refractivity (Wildman–Crippen MR) is 217 cm³/mol.